The van der Waals surface area contributed by atoms with Crippen LogP contribution >= 0.6 is 11.6 Å². The number of hydrogen-bond donors (Lipinski definition) is 1. The lowest BCUT2D eigenvalue weighted by Crippen LogP contribution is -2.29. The molecule has 2 aliphatic rings. The lowest BCUT2D eigenvalue weighted by atomic mass is 9.95. The highest BCUT2D eigenvalue weighted by atomic mass is 35.5. The van der Waals surface area contributed by atoms with E-state index in [2.05, 4.69) is 0 Å². The van der Waals surface area contributed by atoms with Gasteiger partial charge in [0.1, 0.15) is 24.7 Å². The van der Waals surface area contributed by atoms with Crippen molar-refractivity contribution in [2.75, 3.05) is 13.2 Å². The summed E-state index contributed by atoms with van der Waals surface area (Å²) in [4.78, 5) is 27.4. The van der Waals surface area contributed by atoms with Gasteiger partial charge in [0.2, 0.25) is 0 Å². The molecule has 0 radical (unpaired) electrons. The number of furan rings is 1. The van der Waals surface area contributed by atoms with Crippen molar-refractivity contribution in [3.63, 3.8) is 0 Å². The maximum atomic E-state index is 13.1. The van der Waals surface area contributed by atoms with Gasteiger partial charge in [-0.25, -0.2) is 0 Å². The van der Waals surface area contributed by atoms with Gasteiger partial charge in [-0.1, -0.05) is 23.7 Å². The molecule has 162 valence electrons. The first-order valence-corrected chi connectivity index (χ1v) is 10.4. The number of carbonyl (C=O) groups excluding carboxylic acids is 2. The molecule has 2 aliphatic heterocycles. The molecule has 8 heteroatoms. The molecule has 1 unspecified atom stereocenters. The quantitative estimate of drug-likeness (QED) is 0.361. The van der Waals surface area contributed by atoms with E-state index in [9.17, 15) is 14.7 Å². The maximum absolute atomic E-state index is 13.1. The maximum Gasteiger partial charge on any atom is 0.296 e. The number of likely N-dealkylation sites (tertiary alicyclic amines) is 1. The number of amides is 1. The lowest BCUT2D eigenvalue weighted by Gasteiger charge is -2.24. The fraction of sp³-hybridized carbons (Fsp3) is 0.167. The Morgan fingerprint density at radius 1 is 1.03 bits per heavy atom. The highest BCUT2D eigenvalue weighted by Gasteiger charge is 2.46. The van der Waals surface area contributed by atoms with E-state index >= 15 is 0 Å². The molecule has 0 aliphatic carbocycles. The third-order valence-corrected chi connectivity index (χ3v) is 5.70. The fourth-order valence-electron chi connectivity index (χ4n) is 3.95. The van der Waals surface area contributed by atoms with E-state index in [1.165, 1.54) is 11.2 Å². The van der Waals surface area contributed by atoms with Gasteiger partial charge >= 0.3 is 0 Å². The van der Waals surface area contributed by atoms with Gasteiger partial charge in [0.05, 0.1) is 24.4 Å². The first kappa shape index (κ1) is 20.2. The minimum absolute atomic E-state index is 0.0134. The molecule has 1 saturated heterocycles. The van der Waals surface area contributed by atoms with Crippen molar-refractivity contribution in [2.24, 2.45) is 0 Å². The van der Waals surface area contributed by atoms with E-state index in [1.807, 2.05) is 0 Å². The molecule has 0 bridgehead atoms. The summed E-state index contributed by atoms with van der Waals surface area (Å²) >= 11 is 6.04. The van der Waals surface area contributed by atoms with Crippen LogP contribution in [-0.2, 0) is 16.1 Å². The second kappa shape index (κ2) is 8.09. The molecule has 0 saturated carbocycles. The number of aliphatic hydroxyl groups is 1. The zero-order valence-corrected chi connectivity index (χ0v) is 17.5. The molecule has 0 spiro atoms. The number of ether oxygens (including phenoxy) is 2. The van der Waals surface area contributed by atoms with Crippen LogP contribution in [0, 0.1) is 0 Å². The first-order chi connectivity index (χ1) is 15.5. The number of aliphatic hydroxyl groups excluding tert-OH is 1. The van der Waals surface area contributed by atoms with Crippen molar-refractivity contribution in [2.45, 2.75) is 12.6 Å². The van der Waals surface area contributed by atoms with Crippen LogP contribution in [-0.4, -0.2) is 34.9 Å². The van der Waals surface area contributed by atoms with Crippen molar-refractivity contribution in [3.05, 3.63) is 88.3 Å². The average molecular weight is 452 g/mol. The third-order valence-electron chi connectivity index (χ3n) is 5.45. The Morgan fingerprint density at radius 2 is 1.78 bits per heavy atom. The molecule has 1 aromatic heterocycles. The summed E-state index contributed by atoms with van der Waals surface area (Å²) in [5.41, 5.74) is 0.976. The van der Waals surface area contributed by atoms with Crippen molar-refractivity contribution in [1.29, 1.82) is 0 Å². The molecule has 1 atom stereocenters. The van der Waals surface area contributed by atoms with Crippen LogP contribution in [0.2, 0.25) is 5.02 Å². The van der Waals surface area contributed by atoms with Gasteiger partial charge in [-0.3, -0.25) is 9.59 Å². The van der Waals surface area contributed by atoms with Crippen LogP contribution in [0.3, 0.4) is 0 Å². The Kier molecular flexibility index (Phi) is 5.11. The zero-order chi connectivity index (χ0) is 22.2. The van der Waals surface area contributed by atoms with Crippen LogP contribution in [0.1, 0.15) is 22.9 Å². The van der Waals surface area contributed by atoms with E-state index in [0.717, 1.165) is 0 Å². The Labute approximate surface area is 188 Å². The summed E-state index contributed by atoms with van der Waals surface area (Å²) in [5, 5.41) is 11.7. The molecule has 32 heavy (non-hydrogen) atoms. The largest absolute Gasteiger partial charge is 0.507 e. The smallest absolute Gasteiger partial charge is 0.296 e. The number of hydrogen-bond acceptors (Lipinski definition) is 6. The molecule has 1 N–H and O–H groups in total. The van der Waals surface area contributed by atoms with E-state index in [-0.39, 0.29) is 17.9 Å². The molecule has 1 amide bonds. The Hall–Kier alpha value is -3.71. The number of ketones is 1. The molecule has 5 rings (SSSR count). The monoisotopic (exact) mass is 451 g/mol. The summed E-state index contributed by atoms with van der Waals surface area (Å²) in [5.74, 6) is -0.245. The van der Waals surface area contributed by atoms with Gasteiger partial charge < -0.3 is 23.9 Å². The van der Waals surface area contributed by atoms with E-state index in [4.69, 9.17) is 25.5 Å². The highest BCUT2D eigenvalue weighted by molar-refractivity contribution is 6.46. The molecule has 1 fully saturated rings. The number of rotatable bonds is 4. The molecule has 2 aromatic carbocycles. The number of nitrogens with zero attached hydrogens (tertiary/aromatic N) is 1. The Balaban J connectivity index is 1.63. The predicted octanol–water partition coefficient (Wildman–Crippen LogP) is 4.33. The van der Waals surface area contributed by atoms with Crippen molar-refractivity contribution in [1.82, 2.24) is 4.90 Å². The lowest BCUT2D eigenvalue weighted by molar-refractivity contribution is -0.140. The van der Waals surface area contributed by atoms with E-state index in [0.29, 0.717) is 46.6 Å². The Morgan fingerprint density at radius 3 is 2.50 bits per heavy atom. The SMILES string of the molecule is O=C1C(=O)N(Cc2ccco2)C(c2ccc(Cl)cc2)C1=C(O)c1ccc2c(c1)OCCO2. The second-order valence-corrected chi connectivity index (χ2v) is 7.85. The topological polar surface area (TPSA) is 89.2 Å². The number of carbonyl (C=O) groups is 2. The van der Waals surface area contributed by atoms with Crippen LogP contribution in [0.4, 0.5) is 0 Å². The molecule has 3 aromatic rings. The number of fused-ring (bicyclic) bond motifs is 1. The van der Waals surface area contributed by atoms with Crippen LogP contribution in [0.15, 0.2) is 70.9 Å². The number of benzene rings is 2. The van der Waals surface area contributed by atoms with Crippen LogP contribution < -0.4 is 9.47 Å². The van der Waals surface area contributed by atoms with Gasteiger partial charge in [-0.05, 0) is 48.0 Å². The predicted molar refractivity (Wildman–Crippen MR) is 115 cm³/mol. The summed E-state index contributed by atoms with van der Waals surface area (Å²) in [6.07, 6.45) is 1.50. The van der Waals surface area contributed by atoms with Crippen molar-refractivity contribution >= 4 is 29.1 Å². The van der Waals surface area contributed by atoms with Crippen molar-refractivity contribution < 1.29 is 28.6 Å². The minimum atomic E-state index is -0.814. The van der Waals surface area contributed by atoms with E-state index in [1.54, 1.807) is 54.6 Å². The number of Topliss-reactive ketones (excluding diaryl/α,β-unsaturated/α-hetero) is 1. The van der Waals surface area contributed by atoms with Crippen LogP contribution in [0.25, 0.3) is 5.76 Å². The summed E-state index contributed by atoms with van der Waals surface area (Å²) in [6.45, 7) is 0.894. The fourth-order valence-corrected chi connectivity index (χ4v) is 4.08. The summed E-state index contributed by atoms with van der Waals surface area (Å²) in [7, 11) is 0. The number of halogens is 1. The normalized spacial score (nSPS) is 19.4. The molecule has 7 nitrogen and oxygen atoms in total. The second-order valence-electron chi connectivity index (χ2n) is 7.42. The summed E-state index contributed by atoms with van der Waals surface area (Å²) < 4.78 is 16.5. The molecular weight excluding hydrogens is 434 g/mol. The van der Waals surface area contributed by atoms with Gasteiger partial charge in [0, 0.05) is 10.6 Å². The first-order valence-electron chi connectivity index (χ1n) is 9.99. The van der Waals surface area contributed by atoms with Crippen LogP contribution in [0.5, 0.6) is 11.5 Å². The molecular formula is C24H18ClNO6. The van der Waals surface area contributed by atoms with Crippen molar-refractivity contribution in [3.8, 4) is 11.5 Å². The summed E-state index contributed by atoms with van der Waals surface area (Å²) in [6, 6.07) is 14.3. The van der Waals surface area contributed by atoms with Gasteiger partial charge in [0.25, 0.3) is 11.7 Å². The molecule has 3 heterocycles. The minimum Gasteiger partial charge on any atom is -0.507 e. The van der Waals surface area contributed by atoms with Gasteiger partial charge in [-0.15, -0.1) is 0 Å². The highest BCUT2D eigenvalue weighted by Crippen LogP contribution is 2.42. The standard InChI is InChI=1S/C24H18ClNO6/c25-16-6-3-14(4-7-16)21-20(23(28)24(29)26(21)13-17-2-1-9-30-17)22(27)15-5-8-18-19(12-15)32-11-10-31-18/h1-9,12,21,27H,10-11,13H2. The average Bonchev–Trinajstić information content (AvgIpc) is 3.41. The Bertz CT molecular complexity index is 1220. The van der Waals surface area contributed by atoms with Gasteiger partial charge in [-0.2, -0.15) is 0 Å². The van der Waals surface area contributed by atoms with E-state index < -0.39 is 17.7 Å². The third kappa shape index (κ3) is 3.50. The van der Waals surface area contributed by atoms with Gasteiger partial charge in [0.15, 0.2) is 11.5 Å². The zero-order valence-electron chi connectivity index (χ0n) is 16.8.